The van der Waals surface area contributed by atoms with Crippen LogP contribution in [0.5, 0.6) is 0 Å². The van der Waals surface area contributed by atoms with Crippen LogP contribution < -0.4 is 0 Å². The molecule has 3 nitrogen and oxygen atoms in total. The second kappa shape index (κ2) is 6.31. The van der Waals surface area contributed by atoms with Crippen molar-refractivity contribution < 1.29 is 14.2 Å². The lowest BCUT2D eigenvalue weighted by Crippen LogP contribution is -2.21. The zero-order valence-corrected chi connectivity index (χ0v) is 15.0. The second-order valence-corrected chi connectivity index (χ2v) is 9.02. The first-order valence-electron chi connectivity index (χ1n) is 10.0. The molecule has 0 bridgehead atoms. The summed E-state index contributed by atoms with van der Waals surface area (Å²) in [6.07, 6.45) is 14.1. The van der Waals surface area contributed by atoms with Crippen LogP contribution in [-0.2, 0) is 14.2 Å². The maximum atomic E-state index is 5.87. The molecule has 0 N–H and O–H groups in total. The van der Waals surface area contributed by atoms with Crippen molar-refractivity contribution in [2.24, 2.45) is 11.8 Å². The molecule has 6 atom stereocenters. The number of epoxide rings is 2. The van der Waals surface area contributed by atoms with Crippen LogP contribution in [0.1, 0.15) is 78.1 Å². The molecule has 2 saturated heterocycles. The molecule has 0 radical (unpaired) electrons. The van der Waals surface area contributed by atoms with E-state index in [0.29, 0.717) is 12.2 Å². The molecular formula is C20H34O3. The van der Waals surface area contributed by atoms with Crippen LogP contribution in [0.15, 0.2) is 0 Å². The Morgan fingerprint density at radius 3 is 1.74 bits per heavy atom. The Morgan fingerprint density at radius 1 is 0.826 bits per heavy atom. The average Bonchev–Trinajstić information content (AvgIpc) is 3.39. The zero-order chi connectivity index (χ0) is 15.9. The number of hydrogen-bond acceptors (Lipinski definition) is 3. The Labute approximate surface area is 141 Å². The Bertz CT molecular complexity index is 387. The molecule has 2 saturated carbocycles. The van der Waals surface area contributed by atoms with Gasteiger partial charge in [-0.15, -0.1) is 0 Å². The molecule has 4 rings (SSSR count). The van der Waals surface area contributed by atoms with Crippen LogP contribution in [-0.4, -0.2) is 36.6 Å². The number of hydrogen-bond donors (Lipinski definition) is 0. The van der Waals surface area contributed by atoms with E-state index in [9.17, 15) is 0 Å². The summed E-state index contributed by atoms with van der Waals surface area (Å²) in [7, 11) is 0. The van der Waals surface area contributed by atoms with E-state index in [1.807, 2.05) is 0 Å². The van der Waals surface area contributed by atoms with Gasteiger partial charge in [-0.3, -0.25) is 0 Å². The topological polar surface area (TPSA) is 34.3 Å². The third-order valence-electron chi connectivity index (χ3n) is 7.07. The average molecular weight is 322 g/mol. The molecule has 2 heterocycles. The third-order valence-corrected chi connectivity index (χ3v) is 7.07. The number of rotatable bonds is 8. The van der Waals surface area contributed by atoms with Crippen molar-refractivity contribution in [3.8, 4) is 0 Å². The fourth-order valence-electron chi connectivity index (χ4n) is 5.01. The maximum absolute atomic E-state index is 5.87. The van der Waals surface area contributed by atoms with Gasteiger partial charge in [0.1, 0.15) is 0 Å². The molecule has 4 aliphatic rings. The van der Waals surface area contributed by atoms with Crippen LogP contribution in [0.3, 0.4) is 0 Å². The lowest BCUT2D eigenvalue weighted by atomic mass is 9.81. The van der Waals surface area contributed by atoms with E-state index >= 15 is 0 Å². The first-order valence-corrected chi connectivity index (χ1v) is 10.0. The Morgan fingerprint density at radius 2 is 1.30 bits per heavy atom. The summed E-state index contributed by atoms with van der Waals surface area (Å²) in [4.78, 5) is 0. The van der Waals surface area contributed by atoms with Gasteiger partial charge in [0.05, 0.1) is 23.4 Å². The highest BCUT2D eigenvalue weighted by Gasteiger charge is 2.55. The van der Waals surface area contributed by atoms with Crippen molar-refractivity contribution in [1.29, 1.82) is 0 Å². The van der Waals surface area contributed by atoms with E-state index in [2.05, 4.69) is 13.8 Å². The molecule has 0 aromatic carbocycles. The van der Waals surface area contributed by atoms with Crippen molar-refractivity contribution in [1.82, 2.24) is 0 Å². The van der Waals surface area contributed by atoms with Crippen LogP contribution >= 0.6 is 0 Å². The van der Waals surface area contributed by atoms with Gasteiger partial charge in [-0.2, -0.15) is 0 Å². The molecule has 6 unspecified atom stereocenters. The van der Waals surface area contributed by atoms with Crippen LogP contribution in [0.25, 0.3) is 0 Å². The summed E-state index contributed by atoms with van der Waals surface area (Å²) >= 11 is 0. The van der Waals surface area contributed by atoms with Crippen molar-refractivity contribution in [2.75, 3.05) is 13.2 Å². The lowest BCUT2D eigenvalue weighted by Gasteiger charge is -2.22. The minimum Gasteiger partial charge on any atom is -0.381 e. The van der Waals surface area contributed by atoms with Crippen LogP contribution in [0.2, 0.25) is 0 Å². The van der Waals surface area contributed by atoms with Crippen molar-refractivity contribution >= 4 is 0 Å². The van der Waals surface area contributed by atoms with Gasteiger partial charge in [-0.05, 0) is 89.9 Å². The summed E-state index contributed by atoms with van der Waals surface area (Å²) in [6, 6.07) is 0. The normalized spacial score (nSPS) is 47.7. The molecule has 0 amide bonds. The van der Waals surface area contributed by atoms with Crippen LogP contribution in [0.4, 0.5) is 0 Å². The van der Waals surface area contributed by atoms with E-state index in [-0.39, 0.29) is 11.2 Å². The molecule has 0 aromatic rings. The van der Waals surface area contributed by atoms with Gasteiger partial charge < -0.3 is 14.2 Å². The van der Waals surface area contributed by atoms with Crippen LogP contribution in [0, 0.1) is 11.8 Å². The van der Waals surface area contributed by atoms with Crippen molar-refractivity contribution in [3.05, 3.63) is 0 Å². The summed E-state index contributed by atoms with van der Waals surface area (Å²) in [5.74, 6) is 1.77. The van der Waals surface area contributed by atoms with E-state index in [0.717, 1.165) is 25.0 Å². The predicted molar refractivity (Wildman–Crippen MR) is 90.5 cm³/mol. The third kappa shape index (κ3) is 3.77. The second-order valence-electron chi connectivity index (χ2n) is 9.02. The van der Waals surface area contributed by atoms with Gasteiger partial charge in [0.25, 0.3) is 0 Å². The fraction of sp³-hybridized carbons (Fsp3) is 1.00. The van der Waals surface area contributed by atoms with Gasteiger partial charge in [0, 0.05) is 13.2 Å². The molecule has 0 aromatic heterocycles. The van der Waals surface area contributed by atoms with E-state index in [1.165, 1.54) is 64.2 Å². The predicted octanol–water partition coefficient (Wildman–Crippen LogP) is 4.48. The van der Waals surface area contributed by atoms with Crippen molar-refractivity contribution in [2.45, 2.75) is 101 Å². The molecule has 2 aliphatic heterocycles. The molecule has 132 valence electrons. The number of fused-ring (bicyclic) bond motifs is 2. The monoisotopic (exact) mass is 322 g/mol. The SMILES string of the molecule is CC12CCC(CCCOCCCC3CCC4(C)OC4C3)CC1O2. The fourth-order valence-corrected chi connectivity index (χ4v) is 5.01. The first kappa shape index (κ1) is 16.4. The quantitative estimate of drug-likeness (QED) is 0.488. The standard InChI is InChI=1S/C20H34O3/c1-19-9-7-15(13-17(19)22-19)5-3-11-21-12-4-6-16-8-10-20(2)18(14-16)23-20/h15-18H,3-14H2,1-2H3. The lowest BCUT2D eigenvalue weighted by molar-refractivity contribution is 0.116. The van der Waals surface area contributed by atoms with Gasteiger partial charge in [0.15, 0.2) is 0 Å². The molecule has 3 heteroatoms. The number of ether oxygens (including phenoxy) is 3. The molecule has 4 fully saturated rings. The smallest absolute Gasteiger partial charge is 0.0920 e. The summed E-state index contributed by atoms with van der Waals surface area (Å²) < 4.78 is 17.4. The highest BCUT2D eigenvalue weighted by atomic mass is 16.6. The minimum absolute atomic E-state index is 0.273. The minimum atomic E-state index is 0.273. The summed E-state index contributed by atoms with van der Waals surface area (Å²) in [5.41, 5.74) is 0.546. The van der Waals surface area contributed by atoms with E-state index in [4.69, 9.17) is 14.2 Å². The van der Waals surface area contributed by atoms with Gasteiger partial charge >= 0.3 is 0 Å². The zero-order valence-electron chi connectivity index (χ0n) is 15.0. The molecule has 2 aliphatic carbocycles. The highest BCUT2D eigenvalue weighted by molar-refractivity contribution is 5.04. The molecule has 0 spiro atoms. The first-order chi connectivity index (χ1) is 11.1. The van der Waals surface area contributed by atoms with Gasteiger partial charge in [0.2, 0.25) is 0 Å². The van der Waals surface area contributed by atoms with E-state index in [1.54, 1.807) is 0 Å². The van der Waals surface area contributed by atoms with E-state index < -0.39 is 0 Å². The summed E-state index contributed by atoms with van der Waals surface area (Å²) in [5, 5.41) is 0. The largest absolute Gasteiger partial charge is 0.381 e. The van der Waals surface area contributed by atoms with Crippen molar-refractivity contribution in [3.63, 3.8) is 0 Å². The van der Waals surface area contributed by atoms with Gasteiger partial charge in [-0.25, -0.2) is 0 Å². The summed E-state index contributed by atoms with van der Waals surface area (Å²) in [6.45, 7) is 6.46. The Hall–Kier alpha value is -0.120. The Balaban J connectivity index is 0.992. The molecule has 23 heavy (non-hydrogen) atoms. The maximum Gasteiger partial charge on any atom is 0.0920 e. The molecular weight excluding hydrogens is 288 g/mol. The Kier molecular flexibility index (Phi) is 4.49. The highest BCUT2D eigenvalue weighted by Crippen LogP contribution is 2.50. The van der Waals surface area contributed by atoms with Gasteiger partial charge in [-0.1, -0.05) is 0 Å².